The molecule has 2 fully saturated rings. The van der Waals surface area contributed by atoms with E-state index in [1.807, 2.05) is 12.1 Å². The number of benzene rings is 5. The van der Waals surface area contributed by atoms with Crippen LogP contribution in [0.25, 0.3) is 32.3 Å². The number of rotatable bonds is 4. The SMILES string of the molecule is O=C1C2CN(Cc3c4ccccc4cc4ccccc34)CCN2C(=O)CN1Cc1ccc2ccccc2c1. The molecule has 0 radical (unpaired) electrons. The first-order valence-electron chi connectivity index (χ1n) is 13.3. The van der Waals surface area contributed by atoms with Crippen LogP contribution in [0, 0.1) is 0 Å². The largest absolute Gasteiger partial charge is 0.327 e. The molecule has 1 atom stereocenters. The van der Waals surface area contributed by atoms with Gasteiger partial charge in [-0.05, 0) is 55.6 Å². The highest BCUT2D eigenvalue weighted by Gasteiger charge is 2.42. The molecular formula is C33H29N3O2. The average molecular weight is 500 g/mol. The number of carbonyl (C=O) groups is 2. The fraction of sp³-hybridized carbons (Fsp3) is 0.212. The summed E-state index contributed by atoms with van der Waals surface area (Å²) in [5.74, 6) is 0.0934. The molecule has 5 aromatic carbocycles. The Hall–Kier alpha value is -4.22. The van der Waals surface area contributed by atoms with E-state index in [9.17, 15) is 9.59 Å². The smallest absolute Gasteiger partial charge is 0.247 e. The zero-order chi connectivity index (χ0) is 25.6. The first kappa shape index (κ1) is 22.9. The van der Waals surface area contributed by atoms with Gasteiger partial charge in [-0.2, -0.15) is 0 Å². The van der Waals surface area contributed by atoms with Crippen LogP contribution in [0.4, 0.5) is 0 Å². The third kappa shape index (κ3) is 4.00. The van der Waals surface area contributed by atoms with Gasteiger partial charge in [0.25, 0.3) is 0 Å². The van der Waals surface area contributed by atoms with Gasteiger partial charge >= 0.3 is 0 Å². The molecule has 0 spiro atoms. The van der Waals surface area contributed by atoms with Crippen LogP contribution in [0.2, 0.25) is 0 Å². The molecule has 2 saturated heterocycles. The predicted molar refractivity (Wildman–Crippen MR) is 152 cm³/mol. The highest BCUT2D eigenvalue weighted by molar-refractivity contribution is 6.02. The van der Waals surface area contributed by atoms with Gasteiger partial charge in [-0.25, -0.2) is 0 Å². The number of piperazine rings is 2. The lowest BCUT2D eigenvalue weighted by molar-refractivity contribution is -0.160. The van der Waals surface area contributed by atoms with Crippen LogP contribution in [0.15, 0.2) is 97.1 Å². The molecule has 0 bridgehead atoms. The minimum Gasteiger partial charge on any atom is -0.327 e. The van der Waals surface area contributed by atoms with Gasteiger partial charge in [0.05, 0.1) is 0 Å². The Balaban J connectivity index is 1.15. The fourth-order valence-electron chi connectivity index (χ4n) is 6.23. The zero-order valence-electron chi connectivity index (χ0n) is 21.2. The van der Waals surface area contributed by atoms with Crippen molar-refractivity contribution in [2.75, 3.05) is 26.2 Å². The van der Waals surface area contributed by atoms with Crippen LogP contribution in [0.1, 0.15) is 11.1 Å². The minimum absolute atomic E-state index is 0.0465. The maximum Gasteiger partial charge on any atom is 0.247 e. The number of amides is 2. The maximum absolute atomic E-state index is 13.7. The highest BCUT2D eigenvalue weighted by Crippen LogP contribution is 2.31. The molecule has 0 saturated carbocycles. The topological polar surface area (TPSA) is 43.9 Å². The van der Waals surface area contributed by atoms with Crippen LogP contribution in [0.5, 0.6) is 0 Å². The van der Waals surface area contributed by atoms with E-state index >= 15 is 0 Å². The first-order valence-corrected chi connectivity index (χ1v) is 13.3. The molecule has 5 aromatic rings. The van der Waals surface area contributed by atoms with E-state index in [0.29, 0.717) is 19.6 Å². The molecule has 0 aliphatic carbocycles. The van der Waals surface area contributed by atoms with Gasteiger partial charge in [-0.15, -0.1) is 0 Å². The Bertz CT molecular complexity index is 1660. The van der Waals surface area contributed by atoms with Gasteiger partial charge in [0.2, 0.25) is 11.8 Å². The lowest BCUT2D eigenvalue weighted by Crippen LogP contribution is -2.66. The van der Waals surface area contributed by atoms with Crippen molar-refractivity contribution in [2.45, 2.75) is 19.1 Å². The summed E-state index contributed by atoms with van der Waals surface area (Å²) in [5.41, 5.74) is 2.34. The van der Waals surface area contributed by atoms with Gasteiger partial charge in [0.1, 0.15) is 12.6 Å². The number of hydrogen-bond acceptors (Lipinski definition) is 3. The van der Waals surface area contributed by atoms with Crippen molar-refractivity contribution in [3.05, 3.63) is 108 Å². The van der Waals surface area contributed by atoms with E-state index in [4.69, 9.17) is 0 Å². The number of hydrogen-bond donors (Lipinski definition) is 0. The summed E-state index contributed by atoms with van der Waals surface area (Å²) in [6, 6.07) is 33.3. The Morgan fingerprint density at radius 3 is 2.05 bits per heavy atom. The van der Waals surface area contributed by atoms with Crippen LogP contribution in [-0.2, 0) is 22.7 Å². The van der Waals surface area contributed by atoms with Crippen molar-refractivity contribution < 1.29 is 9.59 Å². The number of fused-ring (bicyclic) bond motifs is 4. The lowest BCUT2D eigenvalue weighted by Gasteiger charge is -2.46. The van der Waals surface area contributed by atoms with E-state index in [1.165, 1.54) is 32.5 Å². The molecule has 0 N–H and O–H groups in total. The van der Waals surface area contributed by atoms with Crippen molar-refractivity contribution in [3.63, 3.8) is 0 Å². The molecule has 188 valence electrons. The third-order valence-electron chi connectivity index (χ3n) is 8.16. The monoisotopic (exact) mass is 499 g/mol. The van der Waals surface area contributed by atoms with E-state index in [1.54, 1.807) is 9.80 Å². The number of carbonyl (C=O) groups excluding carboxylic acids is 2. The quantitative estimate of drug-likeness (QED) is 0.319. The van der Waals surface area contributed by atoms with E-state index in [2.05, 4.69) is 89.8 Å². The summed E-state index contributed by atoms with van der Waals surface area (Å²) in [6.07, 6.45) is 0. The zero-order valence-corrected chi connectivity index (χ0v) is 21.2. The summed E-state index contributed by atoms with van der Waals surface area (Å²) in [4.78, 5) is 32.7. The van der Waals surface area contributed by atoms with Gasteiger partial charge in [0, 0.05) is 32.7 Å². The summed E-state index contributed by atoms with van der Waals surface area (Å²) >= 11 is 0. The van der Waals surface area contributed by atoms with E-state index in [0.717, 1.165) is 24.0 Å². The third-order valence-corrected chi connectivity index (χ3v) is 8.16. The van der Waals surface area contributed by atoms with Crippen molar-refractivity contribution in [1.82, 2.24) is 14.7 Å². The highest BCUT2D eigenvalue weighted by atomic mass is 16.2. The molecule has 7 rings (SSSR count). The van der Waals surface area contributed by atoms with Gasteiger partial charge < -0.3 is 9.80 Å². The van der Waals surface area contributed by atoms with Crippen molar-refractivity contribution in [2.24, 2.45) is 0 Å². The number of nitrogens with zero attached hydrogens (tertiary/aromatic N) is 3. The summed E-state index contributed by atoms with van der Waals surface area (Å²) in [5, 5.41) is 7.27. The molecule has 2 aliphatic rings. The maximum atomic E-state index is 13.7. The summed E-state index contributed by atoms with van der Waals surface area (Å²) in [7, 11) is 0. The molecule has 5 nitrogen and oxygen atoms in total. The van der Waals surface area contributed by atoms with Crippen LogP contribution >= 0.6 is 0 Å². The van der Waals surface area contributed by atoms with Crippen molar-refractivity contribution in [1.29, 1.82) is 0 Å². The Kier molecular flexibility index (Phi) is 5.59. The standard InChI is InChI=1S/C33H29N3O2/c37-32-22-35(19-23-13-14-24-7-1-2-8-25(24)17-23)33(38)31-21-34(15-16-36(31)32)20-30-28-11-5-3-9-26(28)18-27-10-4-6-12-29(27)30/h1-14,17-18,31H,15-16,19-22H2. The second kappa shape index (κ2) is 9.26. The van der Waals surface area contributed by atoms with Crippen LogP contribution < -0.4 is 0 Å². The summed E-state index contributed by atoms with van der Waals surface area (Å²) in [6.45, 7) is 3.25. The predicted octanol–water partition coefficient (Wildman–Crippen LogP) is 5.20. The van der Waals surface area contributed by atoms with Gasteiger partial charge in [-0.3, -0.25) is 14.5 Å². The molecule has 5 heteroatoms. The van der Waals surface area contributed by atoms with E-state index < -0.39 is 6.04 Å². The molecule has 1 unspecified atom stereocenters. The molecule has 0 aromatic heterocycles. The van der Waals surface area contributed by atoms with E-state index in [-0.39, 0.29) is 18.4 Å². The Morgan fingerprint density at radius 2 is 1.32 bits per heavy atom. The first-order chi connectivity index (χ1) is 18.6. The molecule has 2 heterocycles. The second-order valence-corrected chi connectivity index (χ2v) is 10.5. The summed E-state index contributed by atoms with van der Waals surface area (Å²) < 4.78 is 0. The molecule has 2 amide bonds. The molecule has 38 heavy (non-hydrogen) atoms. The Morgan fingerprint density at radius 1 is 0.658 bits per heavy atom. The molecular weight excluding hydrogens is 470 g/mol. The van der Waals surface area contributed by atoms with Gasteiger partial charge in [0.15, 0.2) is 0 Å². The normalized spacial score (nSPS) is 18.5. The van der Waals surface area contributed by atoms with Gasteiger partial charge in [-0.1, -0.05) is 84.9 Å². The second-order valence-electron chi connectivity index (χ2n) is 10.5. The molecule has 2 aliphatic heterocycles. The Labute approximate surface area is 221 Å². The van der Waals surface area contributed by atoms with Crippen LogP contribution in [-0.4, -0.2) is 58.7 Å². The lowest BCUT2D eigenvalue weighted by atomic mass is 9.96. The van der Waals surface area contributed by atoms with Crippen LogP contribution in [0.3, 0.4) is 0 Å². The van der Waals surface area contributed by atoms with Crippen molar-refractivity contribution >= 4 is 44.1 Å². The fourth-order valence-corrected chi connectivity index (χ4v) is 6.23. The van der Waals surface area contributed by atoms with Crippen molar-refractivity contribution in [3.8, 4) is 0 Å². The average Bonchev–Trinajstić information content (AvgIpc) is 2.95. The minimum atomic E-state index is -0.438.